The summed E-state index contributed by atoms with van der Waals surface area (Å²) in [6.07, 6.45) is 0. The Labute approximate surface area is 109 Å². The molecule has 3 nitrogen and oxygen atoms in total. The molecule has 0 aliphatic heterocycles. The molecule has 7 heteroatoms. The maximum Gasteiger partial charge on any atom is 0.194 e. The highest BCUT2D eigenvalue weighted by Crippen LogP contribution is 2.21. The van der Waals surface area contributed by atoms with Gasteiger partial charge >= 0.3 is 0 Å². The minimum atomic E-state index is -1.50. The van der Waals surface area contributed by atoms with Crippen molar-refractivity contribution in [3.63, 3.8) is 0 Å². The highest BCUT2D eigenvalue weighted by molar-refractivity contribution is 9.10. The Bertz CT molecular complexity index is 561. The number of hydrogen-bond donors (Lipinski definition) is 1. The molecule has 0 spiro atoms. The van der Waals surface area contributed by atoms with Crippen LogP contribution in [0.4, 0.5) is 24.7 Å². The predicted molar refractivity (Wildman–Crippen MR) is 64.1 cm³/mol. The maximum absolute atomic E-state index is 13.0. The topological polar surface area (TPSA) is 37.8 Å². The lowest BCUT2D eigenvalue weighted by Gasteiger charge is -2.07. The first-order valence-corrected chi connectivity index (χ1v) is 5.68. The van der Waals surface area contributed by atoms with Crippen molar-refractivity contribution in [3.8, 4) is 0 Å². The van der Waals surface area contributed by atoms with Crippen LogP contribution in [0.3, 0.4) is 0 Å². The number of hydrogen-bond acceptors (Lipinski definition) is 3. The molecule has 1 aromatic heterocycles. The van der Waals surface area contributed by atoms with E-state index in [2.05, 4.69) is 31.2 Å². The number of nitrogens with zero attached hydrogens (tertiary/aromatic N) is 2. The molecule has 2 aromatic rings. The zero-order chi connectivity index (χ0) is 13.3. The number of halogens is 4. The van der Waals surface area contributed by atoms with Gasteiger partial charge in [0.15, 0.2) is 17.5 Å². The molecule has 94 valence electrons. The Kier molecular flexibility index (Phi) is 3.51. The molecule has 0 aliphatic rings. The van der Waals surface area contributed by atoms with Gasteiger partial charge in [-0.2, -0.15) is 0 Å². The second-order valence-electron chi connectivity index (χ2n) is 3.50. The van der Waals surface area contributed by atoms with Gasteiger partial charge in [0.25, 0.3) is 0 Å². The van der Waals surface area contributed by atoms with E-state index in [9.17, 15) is 13.2 Å². The van der Waals surface area contributed by atoms with Crippen molar-refractivity contribution >= 4 is 27.4 Å². The molecule has 2 rings (SSSR count). The molecule has 0 radical (unpaired) electrons. The summed E-state index contributed by atoms with van der Waals surface area (Å²) >= 11 is 3.17. The Balaban J connectivity index is 2.34. The largest absolute Gasteiger partial charge is 0.340 e. The molecule has 0 saturated carbocycles. The molecule has 1 aromatic carbocycles. The quantitative estimate of drug-likeness (QED) is 0.677. The van der Waals surface area contributed by atoms with E-state index < -0.39 is 17.5 Å². The molecule has 0 unspecified atom stereocenters. The normalized spacial score (nSPS) is 10.5. The molecule has 0 aliphatic carbocycles. The van der Waals surface area contributed by atoms with Crippen LogP contribution in [0.1, 0.15) is 5.82 Å². The lowest BCUT2D eigenvalue weighted by molar-refractivity contribution is 0.448. The van der Waals surface area contributed by atoms with Crippen molar-refractivity contribution in [2.75, 3.05) is 5.32 Å². The molecule has 0 atom stereocenters. The lowest BCUT2D eigenvalue weighted by atomic mass is 10.3. The molecule has 0 fully saturated rings. The third kappa shape index (κ3) is 2.79. The van der Waals surface area contributed by atoms with Crippen LogP contribution in [0.25, 0.3) is 0 Å². The van der Waals surface area contributed by atoms with Gasteiger partial charge in [-0.25, -0.2) is 23.1 Å². The fourth-order valence-electron chi connectivity index (χ4n) is 1.37. The van der Waals surface area contributed by atoms with Gasteiger partial charge in [0.2, 0.25) is 0 Å². The average Bonchev–Trinajstić information content (AvgIpc) is 2.24. The second-order valence-corrected chi connectivity index (χ2v) is 4.31. The smallest absolute Gasteiger partial charge is 0.194 e. The summed E-state index contributed by atoms with van der Waals surface area (Å²) in [5.41, 5.74) is 0.0661. The molecule has 0 bridgehead atoms. The first-order chi connectivity index (χ1) is 8.45. The number of aromatic nitrogens is 2. The van der Waals surface area contributed by atoms with Gasteiger partial charge in [-0.15, -0.1) is 0 Å². The Hall–Kier alpha value is -1.63. The molecular formula is C11H7BrF3N3. The highest BCUT2D eigenvalue weighted by Gasteiger charge is 2.11. The van der Waals surface area contributed by atoms with Crippen LogP contribution >= 0.6 is 15.9 Å². The SMILES string of the molecule is Cc1nc(Br)cc(Nc2cc(F)c(F)c(F)c2)n1. The Morgan fingerprint density at radius 3 is 2.22 bits per heavy atom. The zero-order valence-corrected chi connectivity index (χ0v) is 10.7. The summed E-state index contributed by atoms with van der Waals surface area (Å²) in [7, 11) is 0. The van der Waals surface area contributed by atoms with Gasteiger partial charge < -0.3 is 5.32 Å². The number of anilines is 2. The second kappa shape index (κ2) is 4.93. The summed E-state index contributed by atoms with van der Waals surface area (Å²) in [6, 6.07) is 3.24. The van der Waals surface area contributed by atoms with Crippen LogP contribution in [0.2, 0.25) is 0 Å². The minimum Gasteiger partial charge on any atom is -0.340 e. The van der Waals surface area contributed by atoms with Crippen molar-refractivity contribution in [2.45, 2.75) is 6.92 Å². The van der Waals surface area contributed by atoms with Crippen LogP contribution in [0, 0.1) is 24.4 Å². The van der Waals surface area contributed by atoms with Crippen molar-refractivity contribution in [3.05, 3.63) is 46.1 Å². The van der Waals surface area contributed by atoms with E-state index >= 15 is 0 Å². The zero-order valence-electron chi connectivity index (χ0n) is 9.14. The average molecular weight is 318 g/mol. The van der Waals surface area contributed by atoms with Gasteiger partial charge in [-0.05, 0) is 22.9 Å². The van der Waals surface area contributed by atoms with E-state index in [1.54, 1.807) is 6.92 Å². The number of aryl methyl sites for hydroxylation is 1. The molecular weight excluding hydrogens is 311 g/mol. The fourth-order valence-corrected chi connectivity index (χ4v) is 1.84. The van der Waals surface area contributed by atoms with Gasteiger partial charge in [-0.1, -0.05) is 0 Å². The standard InChI is InChI=1S/C11H7BrF3N3/c1-5-16-9(12)4-10(17-5)18-6-2-7(13)11(15)8(14)3-6/h2-4H,1H3,(H,16,17,18). The predicted octanol–water partition coefficient (Wildman–Crippen LogP) is 3.71. The molecule has 0 saturated heterocycles. The molecule has 18 heavy (non-hydrogen) atoms. The van der Waals surface area contributed by atoms with E-state index in [-0.39, 0.29) is 5.69 Å². The summed E-state index contributed by atoms with van der Waals surface area (Å²) in [6.45, 7) is 1.67. The highest BCUT2D eigenvalue weighted by atomic mass is 79.9. The van der Waals surface area contributed by atoms with E-state index in [1.807, 2.05) is 0 Å². The number of rotatable bonds is 2. The lowest BCUT2D eigenvalue weighted by Crippen LogP contribution is -2.00. The van der Waals surface area contributed by atoms with Gasteiger partial charge in [0.1, 0.15) is 16.2 Å². The summed E-state index contributed by atoms with van der Waals surface area (Å²) < 4.78 is 39.3. The Morgan fingerprint density at radius 1 is 1.06 bits per heavy atom. The van der Waals surface area contributed by atoms with Crippen LogP contribution in [0.5, 0.6) is 0 Å². The molecule has 1 heterocycles. The van der Waals surface area contributed by atoms with Gasteiger partial charge in [-0.3, -0.25) is 0 Å². The van der Waals surface area contributed by atoms with Gasteiger partial charge in [0.05, 0.1) is 0 Å². The van der Waals surface area contributed by atoms with E-state index in [0.29, 0.717) is 16.2 Å². The van der Waals surface area contributed by atoms with Crippen LogP contribution < -0.4 is 5.32 Å². The molecule has 0 amide bonds. The van der Waals surface area contributed by atoms with Crippen molar-refractivity contribution in [1.29, 1.82) is 0 Å². The van der Waals surface area contributed by atoms with Crippen LogP contribution in [0.15, 0.2) is 22.8 Å². The van der Waals surface area contributed by atoms with Crippen molar-refractivity contribution in [1.82, 2.24) is 9.97 Å². The van der Waals surface area contributed by atoms with Crippen LogP contribution in [-0.4, -0.2) is 9.97 Å². The van der Waals surface area contributed by atoms with E-state index in [1.165, 1.54) is 6.07 Å². The van der Waals surface area contributed by atoms with E-state index in [4.69, 9.17) is 0 Å². The summed E-state index contributed by atoms with van der Waals surface area (Å²) in [5.74, 6) is -3.19. The summed E-state index contributed by atoms with van der Waals surface area (Å²) in [5, 5.41) is 2.67. The van der Waals surface area contributed by atoms with Crippen LogP contribution in [-0.2, 0) is 0 Å². The number of nitrogens with one attached hydrogen (secondary N) is 1. The van der Waals surface area contributed by atoms with Crippen molar-refractivity contribution < 1.29 is 13.2 Å². The third-order valence-corrected chi connectivity index (χ3v) is 2.47. The number of benzene rings is 1. The third-order valence-electron chi connectivity index (χ3n) is 2.06. The Morgan fingerprint density at radius 2 is 1.67 bits per heavy atom. The van der Waals surface area contributed by atoms with Crippen molar-refractivity contribution in [2.24, 2.45) is 0 Å². The minimum absolute atomic E-state index is 0.0661. The van der Waals surface area contributed by atoms with E-state index in [0.717, 1.165) is 12.1 Å². The maximum atomic E-state index is 13.0. The first-order valence-electron chi connectivity index (χ1n) is 4.88. The molecule has 1 N–H and O–H groups in total. The monoisotopic (exact) mass is 317 g/mol. The van der Waals surface area contributed by atoms with Gasteiger partial charge in [0, 0.05) is 23.9 Å². The summed E-state index contributed by atoms with van der Waals surface area (Å²) in [4.78, 5) is 8.00. The first kappa shape index (κ1) is 12.8. The fraction of sp³-hybridized carbons (Fsp3) is 0.0909.